The first-order valence-electron chi connectivity index (χ1n) is 8.02. The molecule has 0 heterocycles. The molecule has 2 aromatic rings. The van der Waals surface area contributed by atoms with Crippen molar-refractivity contribution in [1.29, 1.82) is 0 Å². The molecular formula is C18H22N2O4S. The standard InChI is InChI=1S/C18H22N2O4S/c1-2-24-14-18(21)20-16-8-10-17(11-9-16)25(22,23)19-13-12-15-6-4-3-5-7-15/h3-11,19H,2,12-14H2,1H3,(H,20,21). The fraction of sp³-hybridized carbons (Fsp3) is 0.278. The molecule has 0 atom stereocenters. The lowest BCUT2D eigenvalue weighted by atomic mass is 10.2. The molecule has 2 aromatic carbocycles. The minimum absolute atomic E-state index is 0.0302. The molecule has 0 unspecified atom stereocenters. The quantitative estimate of drug-likeness (QED) is 0.716. The van der Waals surface area contributed by atoms with Gasteiger partial charge < -0.3 is 10.1 Å². The van der Waals surface area contributed by atoms with E-state index in [0.717, 1.165) is 5.56 Å². The zero-order chi connectivity index (χ0) is 18.1. The van der Waals surface area contributed by atoms with Crippen molar-refractivity contribution in [2.75, 3.05) is 25.1 Å². The number of nitrogens with one attached hydrogen (secondary N) is 2. The number of hydrogen-bond donors (Lipinski definition) is 2. The lowest BCUT2D eigenvalue weighted by molar-refractivity contribution is -0.120. The maximum Gasteiger partial charge on any atom is 0.250 e. The summed E-state index contributed by atoms with van der Waals surface area (Å²) in [6.07, 6.45) is 0.617. The molecule has 2 N–H and O–H groups in total. The van der Waals surface area contributed by atoms with Gasteiger partial charge in [0.25, 0.3) is 0 Å². The lowest BCUT2D eigenvalue weighted by Crippen LogP contribution is -2.26. The van der Waals surface area contributed by atoms with E-state index in [2.05, 4.69) is 10.0 Å². The third-order valence-electron chi connectivity index (χ3n) is 3.43. The Morgan fingerprint density at radius 2 is 1.72 bits per heavy atom. The van der Waals surface area contributed by atoms with Crippen LogP contribution in [0.15, 0.2) is 59.5 Å². The first kappa shape index (κ1) is 19.1. The van der Waals surface area contributed by atoms with Crippen molar-refractivity contribution < 1.29 is 17.9 Å². The highest BCUT2D eigenvalue weighted by Gasteiger charge is 2.13. The Morgan fingerprint density at radius 3 is 2.36 bits per heavy atom. The molecule has 134 valence electrons. The van der Waals surface area contributed by atoms with E-state index in [1.807, 2.05) is 30.3 Å². The Balaban J connectivity index is 1.89. The van der Waals surface area contributed by atoms with E-state index in [1.54, 1.807) is 19.1 Å². The van der Waals surface area contributed by atoms with Gasteiger partial charge in [-0.15, -0.1) is 0 Å². The summed E-state index contributed by atoms with van der Waals surface area (Å²) in [6, 6.07) is 15.7. The normalized spacial score (nSPS) is 11.2. The molecule has 0 aromatic heterocycles. The van der Waals surface area contributed by atoms with Gasteiger partial charge in [-0.3, -0.25) is 4.79 Å². The zero-order valence-corrected chi connectivity index (χ0v) is 14.9. The van der Waals surface area contributed by atoms with Crippen molar-refractivity contribution >= 4 is 21.6 Å². The number of benzene rings is 2. The van der Waals surface area contributed by atoms with Gasteiger partial charge in [-0.25, -0.2) is 13.1 Å². The topological polar surface area (TPSA) is 84.5 Å². The van der Waals surface area contributed by atoms with E-state index in [0.29, 0.717) is 25.3 Å². The minimum Gasteiger partial charge on any atom is -0.372 e. The van der Waals surface area contributed by atoms with E-state index in [4.69, 9.17) is 4.74 Å². The van der Waals surface area contributed by atoms with Crippen molar-refractivity contribution in [1.82, 2.24) is 4.72 Å². The van der Waals surface area contributed by atoms with E-state index in [9.17, 15) is 13.2 Å². The van der Waals surface area contributed by atoms with E-state index >= 15 is 0 Å². The van der Waals surface area contributed by atoms with Crippen molar-refractivity contribution in [3.63, 3.8) is 0 Å². The molecule has 6 nitrogen and oxygen atoms in total. The van der Waals surface area contributed by atoms with Crippen LogP contribution in [0.3, 0.4) is 0 Å². The number of rotatable bonds is 9. The maximum atomic E-state index is 12.3. The number of anilines is 1. The number of hydrogen-bond acceptors (Lipinski definition) is 4. The Labute approximate surface area is 148 Å². The van der Waals surface area contributed by atoms with Crippen LogP contribution in [0.1, 0.15) is 12.5 Å². The minimum atomic E-state index is -3.58. The molecule has 0 bridgehead atoms. The van der Waals surface area contributed by atoms with Crippen LogP contribution in [0.5, 0.6) is 0 Å². The van der Waals surface area contributed by atoms with Crippen LogP contribution in [0, 0.1) is 0 Å². The van der Waals surface area contributed by atoms with Gasteiger partial charge in [-0.05, 0) is 43.2 Å². The summed E-state index contributed by atoms with van der Waals surface area (Å²) in [6.45, 7) is 2.55. The number of sulfonamides is 1. The highest BCUT2D eigenvalue weighted by Crippen LogP contribution is 2.14. The molecule has 7 heteroatoms. The number of ether oxygens (including phenoxy) is 1. The fourth-order valence-electron chi connectivity index (χ4n) is 2.17. The summed E-state index contributed by atoms with van der Waals surface area (Å²) in [7, 11) is -3.58. The molecule has 2 rings (SSSR count). The van der Waals surface area contributed by atoms with Crippen molar-refractivity contribution in [2.45, 2.75) is 18.2 Å². The summed E-state index contributed by atoms with van der Waals surface area (Å²) in [5.74, 6) is -0.279. The van der Waals surface area contributed by atoms with Gasteiger partial charge >= 0.3 is 0 Å². The largest absolute Gasteiger partial charge is 0.372 e. The molecular weight excluding hydrogens is 340 g/mol. The Morgan fingerprint density at radius 1 is 1.04 bits per heavy atom. The molecule has 0 radical (unpaired) electrons. The molecule has 0 fully saturated rings. The van der Waals surface area contributed by atoms with Crippen molar-refractivity contribution in [3.8, 4) is 0 Å². The maximum absolute atomic E-state index is 12.3. The smallest absolute Gasteiger partial charge is 0.250 e. The molecule has 0 saturated heterocycles. The van der Waals surface area contributed by atoms with Gasteiger partial charge in [0.2, 0.25) is 15.9 Å². The average molecular weight is 362 g/mol. The monoisotopic (exact) mass is 362 g/mol. The van der Waals surface area contributed by atoms with Gasteiger partial charge in [0.1, 0.15) is 6.61 Å². The van der Waals surface area contributed by atoms with E-state index in [-0.39, 0.29) is 17.4 Å². The average Bonchev–Trinajstić information content (AvgIpc) is 2.61. The van der Waals surface area contributed by atoms with E-state index in [1.165, 1.54) is 12.1 Å². The van der Waals surface area contributed by atoms with Gasteiger partial charge in [0, 0.05) is 18.8 Å². The molecule has 0 aliphatic carbocycles. The van der Waals surface area contributed by atoms with Gasteiger partial charge in [-0.1, -0.05) is 30.3 Å². The van der Waals surface area contributed by atoms with Crippen LogP contribution in [0.4, 0.5) is 5.69 Å². The second kappa shape index (κ2) is 9.31. The van der Waals surface area contributed by atoms with Crippen LogP contribution in [0.25, 0.3) is 0 Å². The second-order valence-corrected chi connectivity index (χ2v) is 7.11. The molecule has 0 spiro atoms. The Bertz CT molecular complexity index is 774. The van der Waals surface area contributed by atoms with Crippen LogP contribution in [0.2, 0.25) is 0 Å². The van der Waals surface area contributed by atoms with Gasteiger partial charge in [0.05, 0.1) is 4.90 Å². The highest BCUT2D eigenvalue weighted by atomic mass is 32.2. The van der Waals surface area contributed by atoms with Crippen LogP contribution in [-0.4, -0.2) is 34.1 Å². The van der Waals surface area contributed by atoms with Crippen LogP contribution in [-0.2, 0) is 26.0 Å². The molecule has 0 aliphatic rings. The predicted octanol–water partition coefficient (Wildman–Crippen LogP) is 2.18. The molecule has 1 amide bonds. The van der Waals surface area contributed by atoms with Crippen molar-refractivity contribution in [3.05, 3.63) is 60.2 Å². The molecule has 0 aliphatic heterocycles. The third kappa shape index (κ3) is 6.30. The first-order valence-corrected chi connectivity index (χ1v) is 9.51. The number of carbonyl (C=O) groups is 1. The third-order valence-corrected chi connectivity index (χ3v) is 4.91. The number of amides is 1. The first-order chi connectivity index (χ1) is 12.0. The summed E-state index contributed by atoms with van der Waals surface area (Å²) in [5.41, 5.74) is 1.59. The Hall–Kier alpha value is -2.22. The Kier molecular flexibility index (Phi) is 7.12. The number of carbonyl (C=O) groups excluding carboxylic acids is 1. The summed E-state index contributed by atoms with van der Waals surface area (Å²) >= 11 is 0. The fourth-order valence-corrected chi connectivity index (χ4v) is 3.20. The second-order valence-electron chi connectivity index (χ2n) is 5.34. The molecule has 0 saturated carbocycles. The molecule has 25 heavy (non-hydrogen) atoms. The van der Waals surface area contributed by atoms with Crippen LogP contribution < -0.4 is 10.0 Å². The predicted molar refractivity (Wildman–Crippen MR) is 96.9 cm³/mol. The van der Waals surface area contributed by atoms with Crippen LogP contribution >= 0.6 is 0 Å². The van der Waals surface area contributed by atoms with Crippen molar-refractivity contribution in [2.24, 2.45) is 0 Å². The highest BCUT2D eigenvalue weighted by molar-refractivity contribution is 7.89. The van der Waals surface area contributed by atoms with Gasteiger partial charge in [0.15, 0.2) is 0 Å². The summed E-state index contributed by atoms with van der Waals surface area (Å²) in [5, 5.41) is 2.64. The zero-order valence-electron chi connectivity index (χ0n) is 14.1. The summed E-state index contributed by atoms with van der Waals surface area (Å²) in [4.78, 5) is 11.7. The SMILES string of the molecule is CCOCC(=O)Nc1ccc(S(=O)(=O)NCCc2ccccc2)cc1. The van der Waals surface area contributed by atoms with E-state index < -0.39 is 10.0 Å². The van der Waals surface area contributed by atoms with Gasteiger partial charge in [-0.2, -0.15) is 0 Å². The lowest BCUT2D eigenvalue weighted by Gasteiger charge is -2.09. The summed E-state index contributed by atoms with van der Waals surface area (Å²) < 4.78 is 32.1.